The van der Waals surface area contributed by atoms with Crippen LogP contribution in [0.25, 0.3) is 0 Å². The van der Waals surface area contributed by atoms with Crippen molar-refractivity contribution in [1.82, 2.24) is 0 Å². The number of hydrogen-bond donors (Lipinski definition) is 4. The van der Waals surface area contributed by atoms with Gasteiger partial charge in [0, 0.05) is 0 Å². The fraction of sp³-hybridized carbons (Fsp3) is 0.909. The van der Waals surface area contributed by atoms with E-state index < -0.39 is 47.7 Å². The van der Waals surface area contributed by atoms with E-state index in [0.29, 0.717) is 6.42 Å². The van der Waals surface area contributed by atoms with E-state index in [1.807, 2.05) is 0 Å². The van der Waals surface area contributed by atoms with E-state index in [1.54, 1.807) is 6.92 Å². The van der Waals surface area contributed by atoms with Crippen LogP contribution in [0.15, 0.2) is 0 Å². The lowest BCUT2D eigenvalue weighted by molar-refractivity contribution is -0.205. The maximum Gasteiger partial charge on any atom is 0.318 e. The summed E-state index contributed by atoms with van der Waals surface area (Å²) in [6, 6.07) is 0. The highest BCUT2D eigenvalue weighted by Crippen LogP contribution is 2.32. The van der Waals surface area contributed by atoms with Crippen molar-refractivity contribution in [2.75, 3.05) is 13.7 Å². The second kappa shape index (κ2) is 7.41. The Bertz CT molecular complexity index is 299. The monoisotopic (exact) mass is 296 g/mol. The molecule has 0 aromatic heterocycles. The number of carbonyl (C=O) groups is 1. The molecule has 0 saturated carbocycles. The van der Waals surface area contributed by atoms with Crippen LogP contribution in [0.2, 0.25) is 0 Å². The first kappa shape index (κ1) is 16.7. The Morgan fingerprint density at radius 3 is 2.42 bits per heavy atom. The van der Waals surface area contributed by atoms with Gasteiger partial charge in [0.05, 0.1) is 13.7 Å². The number of carbonyl (C=O) groups excluding carboxylic acids is 1. The average molecular weight is 296 g/mol. The van der Waals surface area contributed by atoms with Crippen molar-refractivity contribution in [3.05, 3.63) is 0 Å². The number of hydrogen-bond acceptors (Lipinski definition) is 8. The highest BCUT2D eigenvalue weighted by Gasteiger charge is 2.44. The summed E-state index contributed by atoms with van der Waals surface area (Å²) in [6.45, 7) is 1.29. The largest absolute Gasteiger partial charge is 0.468 e. The number of thioether (sulfide) groups is 1. The van der Waals surface area contributed by atoms with Crippen LogP contribution in [0, 0.1) is 0 Å². The zero-order valence-electron chi connectivity index (χ0n) is 10.8. The van der Waals surface area contributed by atoms with Gasteiger partial charge in [0.1, 0.15) is 35.1 Å². The molecule has 19 heavy (non-hydrogen) atoms. The van der Waals surface area contributed by atoms with Crippen molar-refractivity contribution in [2.24, 2.45) is 0 Å². The molecule has 1 saturated heterocycles. The normalized spacial score (nSPS) is 36.8. The number of aliphatic hydroxyl groups excluding tert-OH is 4. The van der Waals surface area contributed by atoms with Gasteiger partial charge < -0.3 is 29.9 Å². The van der Waals surface area contributed by atoms with Gasteiger partial charge in [0.25, 0.3) is 0 Å². The Kier molecular flexibility index (Phi) is 6.51. The Labute approximate surface area is 115 Å². The van der Waals surface area contributed by atoms with Gasteiger partial charge in [-0.2, -0.15) is 0 Å². The molecule has 0 amide bonds. The van der Waals surface area contributed by atoms with Gasteiger partial charge in [0.2, 0.25) is 0 Å². The van der Waals surface area contributed by atoms with Crippen molar-refractivity contribution in [3.8, 4) is 0 Å². The minimum absolute atomic E-state index is 0.454. The molecular formula is C11H20O7S. The fourth-order valence-corrected chi connectivity index (χ4v) is 3.04. The highest BCUT2D eigenvalue weighted by atomic mass is 32.2. The number of esters is 1. The molecule has 1 aliphatic rings. The molecule has 1 unspecified atom stereocenters. The number of aliphatic hydroxyl groups is 4. The number of rotatable bonds is 5. The maximum atomic E-state index is 11.5. The van der Waals surface area contributed by atoms with E-state index in [9.17, 15) is 20.1 Å². The first-order valence-corrected chi connectivity index (χ1v) is 6.94. The molecule has 1 rings (SSSR count). The van der Waals surface area contributed by atoms with Crippen LogP contribution in [0.1, 0.15) is 13.3 Å². The molecule has 0 aromatic rings. The predicted molar refractivity (Wildman–Crippen MR) is 67.5 cm³/mol. The van der Waals surface area contributed by atoms with Crippen molar-refractivity contribution in [1.29, 1.82) is 0 Å². The highest BCUT2D eigenvalue weighted by molar-refractivity contribution is 8.01. The molecule has 112 valence electrons. The van der Waals surface area contributed by atoms with Gasteiger partial charge in [-0.3, -0.25) is 4.79 Å². The molecule has 1 aliphatic heterocycles. The van der Waals surface area contributed by atoms with Gasteiger partial charge >= 0.3 is 5.97 Å². The van der Waals surface area contributed by atoms with Crippen LogP contribution in [-0.2, 0) is 14.3 Å². The molecule has 4 N–H and O–H groups in total. The Balaban J connectivity index is 2.73. The van der Waals surface area contributed by atoms with Gasteiger partial charge in [-0.05, 0) is 6.42 Å². The Hall–Kier alpha value is -0.380. The summed E-state index contributed by atoms with van der Waals surface area (Å²) < 4.78 is 9.93. The number of methoxy groups -OCH3 is 1. The van der Waals surface area contributed by atoms with Crippen LogP contribution in [0.3, 0.4) is 0 Å². The standard InChI is InChI=1S/C11H20O7S/c1-3-6(10(16)17-2)19-11-9(15)8(14)7(13)5(4-12)18-11/h5-9,11-15H,3-4H2,1-2H3/t5-,6?,7+,8+,9-,11+/m1/s1. The van der Waals surface area contributed by atoms with E-state index in [1.165, 1.54) is 7.11 Å². The maximum absolute atomic E-state index is 11.5. The van der Waals surface area contributed by atoms with Gasteiger partial charge in [-0.1, -0.05) is 6.92 Å². The minimum atomic E-state index is -1.43. The summed E-state index contributed by atoms with van der Waals surface area (Å²) in [5, 5.41) is 37.6. The molecule has 0 bridgehead atoms. The zero-order chi connectivity index (χ0) is 14.6. The third kappa shape index (κ3) is 3.80. The lowest BCUT2D eigenvalue weighted by Crippen LogP contribution is -2.58. The SMILES string of the molecule is CCC(S[C@@H]1O[C@H](CO)[C@H](O)[C@H](O)[C@H]1O)C(=O)OC. The van der Waals surface area contributed by atoms with Gasteiger partial charge in [0.15, 0.2) is 0 Å². The lowest BCUT2D eigenvalue weighted by atomic mass is 10.0. The topological polar surface area (TPSA) is 116 Å². The molecule has 0 aromatic carbocycles. The molecule has 1 fully saturated rings. The van der Waals surface area contributed by atoms with Gasteiger partial charge in [-0.15, -0.1) is 11.8 Å². The molecule has 0 radical (unpaired) electrons. The van der Waals surface area contributed by atoms with Gasteiger partial charge in [-0.25, -0.2) is 0 Å². The quantitative estimate of drug-likeness (QED) is 0.452. The second-order valence-electron chi connectivity index (χ2n) is 4.25. The van der Waals surface area contributed by atoms with Crippen LogP contribution in [-0.4, -0.2) is 75.2 Å². The molecule has 0 spiro atoms. The Morgan fingerprint density at radius 2 is 1.95 bits per heavy atom. The van der Waals surface area contributed by atoms with E-state index in [4.69, 9.17) is 9.84 Å². The van der Waals surface area contributed by atoms with E-state index in [2.05, 4.69) is 4.74 Å². The summed E-state index contributed by atoms with van der Waals surface area (Å²) in [6.07, 6.45) is -4.67. The van der Waals surface area contributed by atoms with Crippen LogP contribution >= 0.6 is 11.8 Å². The molecular weight excluding hydrogens is 276 g/mol. The van der Waals surface area contributed by atoms with E-state index in [0.717, 1.165) is 11.8 Å². The predicted octanol–water partition coefficient (Wildman–Crippen LogP) is -1.53. The van der Waals surface area contributed by atoms with E-state index in [-0.39, 0.29) is 0 Å². The average Bonchev–Trinajstić information content (AvgIpc) is 2.43. The molecule has 0 aliphatic carbocycles. The van der Waals surface area contributed by atoms with E-state index >= 15 is 0 Å². The lowest BCUT2D eigenvalue weighted by Gasteiger charge is -2.40. The first-order valence-electron chi connectivity index (χ1n) is 6.00. The zero-order valence-corrected chi connectivity index (χ0v) is 11.6. The van der Waals surface area contributed by atoms with Crippen LogP contribution in [0.4, 0.5) is 0 Å². The Morgan fingerprint density at radius 1 is 1.32 bits per heavy atom. The summed E-state index contributed by atoms with van der Waals surface area (Å²) in [5.41, 5.74) is -0.917. The van der Waals surface area contributed by atoms with Crippen molar-refractivity contribution in [3.63, 3.8) is 0 Å². The first-order chi connectivity index (χ1) is 8.96. The molecule has 1 heterocycles. The molecule has 8 heteroatoms. The minimum Gasteiger partial charge on any atom is -0.468 e. The third-order valence-electron chi connectivity index (χ3n) is 2.98. The van der Waals surface area contributed by atoms with Crippen LogP contribution in [0.5, 0.6) is 0 Å². The molecule has 7 nitrogen and oxygen atoms in total. The second-order valence-corrected chi connectivity index (χ2v) is 5.56. The van der Waals surface area contributed by atoms with Crippen molar-refractivity contribution in [2.45, 2.75) is 48.4 Å². The summed E-state index contributed by atoms with van der Waals surface area (Å²) in [4.78, 5) is 11.5. The summed E-state index contributed by atoms with van der Waals surface area (Å²) in [5.74, 6) is -0.454. The smallest absolute Gasteiger partial charge is 0.318 e. The summed E-state index contributed by atoms with van der Waals surface area (Å²) >= 11 is 1.00. The summed E-state index contributed by atoms with van der Waals surface area (Å²) in [7, 11) is 1.26. The van der Waals surface area contributed by atoms with Crippen molar-refractivity contribution >= 4 is 17.7 Å². The third-order valence-corrected chi connectivity index (χ3v) is 4.49. The number of ether oxygens (including phenoxy) is 2. The van der Waals surface area contributed by atoms with Crippen LogP contribution < -0.4 is 0 Å². The molecule has 6 atom stereocenters. The fourth-order valence-electron chi connectivity index (χ4n) is 1.79. The van der Waals surface area contributed by atoms with Crippen molar-refractivity contribution < 1.29 is 34.7 Å².